The summed E-state index contributed by atoms with van der Waals surface area (Å²) >= 11 is 6.02. The average Bonchev–Trinajstić information content (AvgIpc) is 2.39. The maximum absolute atomic E-state index is 12.2. The summed E-state index contributed by atoms with van der Waals surface area (Å²) in [4.78, 5) is 12.2. The molecule has 0 radical (unpaired) electrons. The normalized spacial score (nSPS) is 16.8. The molecular weight excluding hydrogens is 238 g/mol. The van der Waals surface area contributed by atoms with Crippen molar-refractivity contribution in [2.75, 3.05) is 20.2 Å². The zero-order valence-electron chi connectivity index (χ0n) is 9.83. The fourth-order valence-corrected chi connectivity index (χ4v) is 2.40. The summed E-state index contributed by atoms with van der Waals surface area (Å²) in [7, 11) is 1.56. The summed E-state index contributed by atoms with van der Waals surface area (Å²) in [5, 5.41) is 3.75. The van der Waals surface area contributed by atoms with Crippen LogP contribution in [0.3, 0.4) is 0 Å². The fourth-order valence-electron chi connectivity index (χ4n) is 2.14. The Bertz CT molecular complexity index is 414. The first-order valence-corrected chi connectivity index (χ1v) is 6.18. The maximum atomic E-state index is 12.2. The largest absolute Gasteiger partial charge is 0.495 e. The van der Waals surface area contributed by atoms with Crippen molar-refractivity contribution >= 4 is 17.4 Å². The van der Waals surface area contributed by atoms with E-state index in [1.807, 2.05) is 0 Å². The van der Waals surface area contributed by atoms with Crippen molar-refractivity contribution in [3.8, 4) is 5.75 Å². The van der Waals surface area contributed by atoms with Crippen molar-refractivity contribution in [1.29, 1.82) is 0 Å². The molecule has 1 aliphatic heterocycles. The lowest BCUT2D eigenvalue weighted by Gasteiger charge is -2.21. The van der Waals surface area contributed by atoms with Gasteiger partial charge < -0.3 is 10.1 Å². The number of benzene rings is 1. The highest BCUT2D eigenvalue weighted by molar-refractivity contribution is 6.32. The van der Waals surface area contributed by atoms with Gasteiger partial charge in [-0.3, -0.25) is 4.79 Å². The number of piperidine rings is 1. The van der Waals surface area contributed by atoms with E-state index in [4.69, 9.17) is 16.3 Å². The smallest absolute Gasteiger partial charge is 0.166 e. The van der Waals surface area contributed by atoms with Crippen molar-refractivity contribution in [1.82, 2.24) is 5.32 Å². The van der Waals surface area contributed by atoms with Crippen molar-refractivity contribution in [3.63, 3.8) is 0 Å². The zero-order valence-corrected chi connectivity index (χ0v) is 10.6. The third-order valence-corrected chi connectivity index (χ3v) is 3.44. The Kier molecular flexibility index (Phi) is 4.02. The molecule has 0 amide bonds. The molecule has 92 valence electrons. The van der Waals surface area contributed by atoms with Crippen molar-refractivity contribution < 1.29 is 9.53 Å². The Morgan fingerprint density at radius 2 is 2.12 bits per heavy atom. The molecule has 0 aliphatic carbocycles. The van der Waals surface area contributed by atoms with Gasteiger partial charge in [0.25, 0.3) is 0 Å². The summed E-state index contributed by atoms with van der Waals surface area (Å²) in [6, 6.07) is 5.23. The summed E-state index contributed by atoms with van der Waals surface area (Å²) < 4.78 is 5.07. The van der Waals surface area contributed by atoms with E-state index < -0.39 is 0 Å². The maximum Gasteiger partial charge on any atom is 0.166 e. The molecule has 1 saturated heterocycles. The Hall–Kier alpha value is -1.06. The van der Waals surface area contributed by atoms with Gasteiger partial charge in [-0.05, 0) is 44.1 Å². The van der Waals surface area contributed by atoms with Crippen LogP contribution in [0.5, 0.6) is 5.75 Å². The average molecular weight is 254 g/mol. The van der Waals surface area contributed by atoms with Crippen LogP contribution in [0.2, 0.25) is 5.02 Å². The van der Waals surface area contributed by atoms with Crippen LogP contribution in [0.15, 0.2) is 18.2 Å². The minimum absolute atomic E-state index is 0.126. The lowest BCUT2D eigenvalue weighted by atomic mass is 9.90. The van der Waals surface area contributed by atoms with Gasteiger partial charge in [0.15, 0.2) is 5.78 Å². The molecule has 3 nitrogen and oxygen atoms in total. The summed E-state index contributed by atoms with van der Waals surface area (Å²) in [6.07, 6.45) is 1.81. The molecule has 1 aliphatic rings. The Morgan fingerprint density at radius 3 is 2.71 bits per heavy atom. The van der Waals surface area contributed by atoms with Gasteiger partial charge in [-0.15, -0.1) is 0 Å². The second kappa shape index (κ2) is 5.52. The molecule has 0 bridgehead atoms. The summed E-state index contributed by atoms with van der Waals surface area (Å²) in [5.41, 5.74) is 0.683. The number of halogens is 1. The molecule has 0 spiro atoms. The number of methoxy groups -OCH3 is 1. The molecule has 0 saturated carbocycles. The molecule has 17 heavy (non-hydrogen) atoms. The predicted molar refractivity (Wildman–Crippen MR) is 67.9 cm³/mol. The highest BCUT2D eigenvalue weighted by Gasteiger charge is 2.22. The second-order valence-corrected chi connectivity index (χ2v) is 4.65. The van der Waals surface area contributed by atoms with Crippen LogP contribution in [0.1, 0.15) is 23.2 Å². The third kappa shape index (κ3) is 2.79. The molecule has 2 rings (SSSR count). The number of rotatable bonds is 3. The first-order chi connectivity index (χ1) is 8.22. The number of hydrogen-bond donors (Lipinski definition) is 1. The van der Waals surface area contributed by atoms with Gasteiger partial charge in [0, 0.05) is 11.5 Å². The highest BCUT2D eigenvalue weighted by Crippen LogP contribution is 2.27. The Labute approximate surface area is 106 Å². The van der Waals surface area contributed by atoms with Gasteiger partial charge in [0.1, 0.15) is 5.75 Å². The predicted octanol–water partition coefficient (Wildman–Crippen LogP) is 2.53. The minimum Gasteiger partial charge on any atom is -0.495 e. The van der Waals surface area contributed by atoms with Crippen LogP contribution in [0.4, 0.5) is 0 Å². The van der Waals surface area contributed by atoms with Gasteiger partial charge in [-0.2, -0.15) is 0 Å². The number of carbonyl (C=O) groups excluding carboxylic acids is 1. The van der Waals surface area contributed by atoms with Crippen LogP contribution >= 0.6 is 11.6 Å². The van der Waals surface area contributed by atoms with Gasteiger partial charge in [-0.1, -0.05) is 11.6 Å². The van der Waals surface area contributed by atoms with Gasteiger partial charge in [-0.25, -0.2) is 0 Å². The molecular formula is C13H16ClNO2. The molecule has 1 heterocycles. The van der Waals surface area contributed by atoms with E-state index in [1.54, 1.807) is 25.3 Å². The second-order valence-electron chi connectivity index (χ2n) is 4.24. The van der Waals surface area contributed by atoms with Crippen LogP contribution in [0.25, 0.3) is 0 Å². The van der Waals surface area contributed by atoms with Crippen LogP contribution in [-0.4, -0.2) is 26.0 Å². The number of Topliss-reactive ketones (excluding diaryl/α,β-unsaturated/α-hetero) is 1. The Balaban J connectivity index is 2.16. The standard InChI is InChI=1S/C13H16ClNO2/c1-17-12-3-2-10(8-11(12)14)13(16)9-4-6-15-7-5-9/h2-3,8-9,15H,4-7H2,1H3. The quantitative estimate of drug-likeness (QED) is 0.842. The molecule has 1 fully saturated rings. The van der Waals surface area contributed by atoms with E-state index in [9.17, 15) is 4.79 Å². The SMILES string of the molecule is COc1ccc(C(=O)C2CCNCC2)cc1Cl. The third-order valence-electron chi connectivity index (χ3n) is 3.15. The molecule has 1 aromatic rings. The van der Waals surface area contributed by atoms with E-state index in [1.165, 1.54) is 0 Å². The topological polar surface area (TPSA) is 38.3 Å². The van der Waals surface area contributed by atoms with Gasteiger partial charge in [0.05, 0.1) is 12.1 Å². The zero-order chi connectivity index (χ0) is 12.3. The van der Waals surface area contributed by atoms with E-state index in [0.717, 1.165) is 25.9 Å². The first-order valence-electron chi connectivity index (χ1n) is 5.81. The van der Waals surface area contributed by atoms with Gasteiger partial charge in [0.2, 0.25) is 0 Å². The lowest BCUT2D eigenvalue weighted by molar-refractivity contribution is 0.0895. The number of nitrogens with one attached hydrogen (secondary N) is 1. The Morgan fingerprint density at radius 1 is 1.41 bits per heavy atom. The first kappa shape index (κ1) is 12.4. The van der Waals surface area contributed by atoms with E-state index in [0.29, 0.717) is 16.3 Å². The number of hydrogen-bond acceptors (Lipinski definition) is 3. The molecule has 0 unspecified atom stereocenters. The highest BCUT2D eigenvalue weighted by atomic mass is 35.5. The van der Waals surface area contributed by atoms with Crippen molar-refractivity contribution in [3.05, 3.63) is 28.8 Å². The molecule has 1 aromatic carbocycles. The minimum atomic E-state index is 0.126. The van der Waals surface area contributed by atoms with E-state index >= 15 is 0 Å². The number of ketones is 1. The molecule has 0 atom stereocenters. The van der Waals surface area contributed by atoms with Crippen LogP contribution in [0, 0.1) is 5.92 Å². The van der Waals surface area contributed by atoms with E-state index in [-0.39, 0.29) is 11.7 Å². The molecule has 0 aromatic heterocycles. The van der Waals surface area contributed by atoms with Crippen molar-refractivity contribution in [2.45, 2.75) is 12.8 Å². The molecule has 1 N–H and O–H groups in total. The summed E-state index contributed by atoms with van der Waals surface area (Å²) in [6.45, 7) is 1.83. The van der Waals surface area contributed by atoms with Crippen LogP contribution < -0.4 is 10.1 Å². The monoisotopic (exact) mass is 253 g/mol. The summed E-state index contributed by atoms with van der Waals surface area (Å²) in [5.74, 6) is 0.922. The van der Waals surface area contributed by atoms with Crippen LogP contribution in [-0.2, 0) is 0 Å². The van der Waals surface area contributed by atoms with E-state index in [2.05, 4.69) is 5.32 Å². The van der Waals surface area contributed by atoms with Gasteiger partial charge >= 0.3 is 0 Å². The number of carbonyl (C=O) groups is 1. The fraction of sp³-hybridized carbons (Fsp3) is 0.462. The lowest BCUT2D eigenvalue weighted by Crippen LogP contribution is -2.31. The number of ether oxygens (including phenoxy) is 1. The van der Waals surface area contributed by atoms with Crippen molar-refractivity contribution in [2.24, 2.45) is 5.92 Å². The molecule has 4 heteroatoms.